The van der Waals surface area contributed by atoms with Gasteiger partial charge in [0.15, 0.2) is 5.16 Å². The zero-order chi connectivity index (χ0) is 22.3. The van der Waals surface area contributed by atoms with Crippen molar-refractivity contribution in [3.05, 3.63) is 59.7 Å². The van der Waals surface area contributed by atoms with E-state index in [9.17, 15) is 9.59 Å². The van der Waals surface area contributed by atoms with Gasteiger partial charge in [0, 0.05) is 30.5 Å². The Balaban J connectivity index is 1.20. The summed E-state index contributed by atoms with van der Waals surface area (Å²) >= 11 is 2.96. The molecule has 2 amide bonds. The largest absolute Gasteiger partial charge is 0.333 e. The maximum Gasteiger partial charge on any atom is 0.269 e. The summed E-state index contributed by atoms with van der Waals surface area (Å²) in [5.41, 5.74) is 8.32. The van der Waals surface area contributed by atoms with E-state index in [0.29, 0.717) is 16.5 Å². The van der Waals surface area contributed by atoms with Gasteiger partial charge in [0.1, 0.15) is 0 Å². The molecule has 2 aromatic carbocycles. The fraction of sp³-hybridized carbons (Fsp3) is 0.200. The zero-order valence-electron chi connectivity index (χ0n) is 17.1. The van der Waals surface area contributed by atoms with E-state index in [0.717, 1.165) is 27.5 Å². The van der Waals surface area contributed by atoms with Gasteiger partial charge < -0.3 is 4.98 Å². The van der Waals surface area contributed by atoms with Gasteiger partial charge >= 0.3 is 0 Å². The lowest BCUT2D eigenvalue weighted by Crippen LogP contribution is -2.41. The summed E-state index contributed by atoms with van der Waals surface area (Å²) in [6, 6.07) is 15.1. The molecule has 3 N–H and O–H groups in total. The molecule has 4 rings (SSSR count). The minimum Gasteiger partial charge on any atom is -0.333 e. The van der Waals surface area contributed by atoms with Gasteiger partial charge in [-0.15, -0.1) is 5.10 Å². The van der Waals surface area contributed by atoms with Crippen molar-refractivity contribution in [3.8, 4) is 0 Å². The van der Waals surface area contributed by atoms with E-state index in [1.807, 2.05) is 36.4 Å². The van der Waals surface area contributed by atoms with Crippen LogP contribution < -0.4 is 10.9 Å². The summed E-state index contributed by atoms with van der Waals surface area (Å²) < 4.78 is 1.53. The number of hydrogen-bond acceptors (Lipinski definition) is 8. The van der Waals surface area contributed by atoms with Gasteiger partial charge in [-0.1, -0.05) is 47.8 Å². The first-order valence-electron chi connectivity index (χ1n) is 9.69. The van der Waals surface area contributed by atoms with E-state index in [1.165, 1.54) is 16.4 Å². The number of hydrazine groups is 1. The van der Waals surface area contributed by atoms with Crippen LogP contribution in [-0.4, -0.2) is 47.7 Å². The molecule has 0 saturated heterocycles. The van der Waals surface area contributed by atoms with E-state index in [1.54, 1.807) is 30.9 Å². The lowest BCUT2D eigenvalue weighted by molar-refractivity contribution is -0.121. The predicted molar refractivity (Wildman–Crippen MR) is 122 cm³/mol. The summed E-state index contributed by atoms with van der Waals surface area (Å²) in [6.45, 7) is 0. The maximum absolute atomic E-state index is 12.3. The molecule has 2 heterocycles. The van der Waals surface area contributed by atoms with Crippen molar-refractivity contribution in [2.75, 3.05) is 5.75 Å². The van der Waals surface area contributed by atoms with Crippen molar-refractivity contribution in [3.63, 3.8) is 0 Å². The van der Waals surface area contributed by atoms with Crippen molar-refractivity contribution >= 4 is 46.4 Å². The molecule has 164 valence electrons. The van der Waals surface area contributed by atoms with Crippen LogP contribution in [0.3, 0.4) is 0 Å². The van der Waals surface area contributed by atoms with Crippen molar-refractivity contribution in [2.45, 2.75) is 22.5 Å². The second-order valence-electron chi connectivity index (χ2n) is 6.73. The number of para-hydroxylation sites is 2. The fourth-order valence-electron chi connectivity index (χ4n) is 2.74. The molecule has 10 nitrogen and oxygen atoms in total. The van der Waals surface area contributed by atoms with Crippen molar-refractivity contribution in [1.29, 1.82) is 0 Å². The Bertz CT molecular complexity index is 1190. The number of hydrogen-bond donors (Lipinski definition) is 3. The number of nitrogens with one attached hydrogen (secondary N) is 3. The number of rotatable bonds is 8. The third kappa shape index (κ3) is 5.65. The summed E-state index contributed by atoms with van der Waals surface area (Å²) in [7, 11) is 1.73. The Morgan fingerprint density at radius 2 is 1.88 bits per heavy atom. The number of aromatic amines is 1. The number of thioether (sulfide) groups is 2. The van der Waals surface area contributed by atoms with Crippen LogP contribution in [-0.2, 0) is 17.6 Å². The molecular weight excluding hydrogens is 448 g/mol. The summed E-state index contributed by atoms with van der Waals surface area (Å²) in [5, 5.41) is 12.6. The molecule has 0 unspecified atom stereocenters. The van der Waals surface area contributed by atoms with Gasteiger partial charge in [0.2, 0.25) is 11.1 Å². The third-order valence-corrected chi connectivity index (χ3v) is 6.37. The first kappa shape index (κ1) is 21.8. The number of imidazole rings is 1. The van der Waals surface area contributed by atoms with Gasteiger partial charge in [0.25, 0.3) is 5.91 Å². The van der Waals surface area contributed by atoms with Gasteiger partial charge in [-0.2, -0.15) is 0 Å². The van der Waals surface area contributed by atoms with Crippen LogP contribution in [0.15, 0.2) is 58.8 Å². The molecular formula is C20H20N8O2S2. The number of H-pyrrole nitrogens is 1. The fourth-order valence-corrected chi connectivity index (χ4v) is 4.37. The Kier molecular flexibility index (Phi) is 7.02. The molecule has 0 saturated carbocycles. The molecule has 0 aliphatic rings. The minimum absolute atomic E-state index is 0.218. The SMILES string of the molecule is Cn1nnnc1SCCC(=O)NNC(=O)c1ccc(CSc2nc3ccccc3[nH]2)cc1. The highest BCUT2D eigenvalue weighted by atomic mass is 32.2. The number of tetrazole rings is 1. The second kappa shape index (κ2) is 10.3. The number of nitrogens with zero attached hydrogens (tertiary/aromatic N) is 5. The van der Waals surface area contributed by atoms with Gasteiger partial charge in [-0.3, -0.25) is 20.4 Å². The molecule has 0 aliphatic carbocycles. The van der Waals surface area contributed by atoms with E-state index < -0.39 is 0 Å². The van der Waals surface area contributed by atoms with Crippen LogP contribution in [0.2, 0.25) is 0 Å². The monoisotopic (exact) mass is 468 g/mol. The first-order valence-corrected chi connectivity index (χ1v) is 11.7. The molecule has 0 atom stereocenters. The number of aromatic nitrogens is 6. The van der Waals surface area contributed by atoms with Crippen LogP contribution >= 0.6 is 23.5 Å². The van der Waals surface area contributed by atoms with Crippen molar-refractivity contribution < 1.29 is 9.59 Å². The number of fused-ring (bicyclic) bond motifs is 1. The standard InChI is InChI=1S/C20H20N8O2S2/c1-28-20(25-26-27-28)31-11-10-17(29)23-24-18(30)14-8-6-13(7-9-14)12-32-19-21-15-4-2-3-5-16(15)22-19/h2-9H,10-12H2,1H3,(H,21,22)(H,23,29)(H,24,30). The lowest BCUT2D eigenvalue weighted by atomic mass is 10.1. The van der Waals surface area contributed by atoms with Crippen LogP contribution in [0.25, 0.3) is 11.0 Å². The van der Waals surface area contributed by atoms with E-state index >= 15 is 0 Å². The molecule has 2 aromatic heterocycles. The topological polar surface area (TPSA) is 130 Å². The Morgan fingerprint density at radius 1 is 1.06 bits per heavy atom. The highest BCUT2D eigenvalue weighted by Gasteiger charge is 2.10. The van der Waals surface area contributed by atoms with Gasteiger partial charge in [0.05, 0.1) is 11.0 Å². The first-order chi connectivity index (χ1) is 15.6. The van der Waals surface area contributed by atoms with Gasteiger partial charge in [-0.05, 0) is 40.3 Å². The number of benzene rings is 2. The number of aryl methyl sites for hydroxylation is 1. The van der Waals surface area contributed by atoms with E-state index in [4.69, 9.17) is 0 Å². The van der Waals surface area contributed by atoms with E-state index in [-0.39, 0.29) is 18.2 Å². The predicted octanol–water partition coefficient (Wildman–Crippen LogP) is 2.32. The second-order valence-corrected chi connectivity index (χ2v) is 8.76. The maximum atomic E-state index is 12.3. The molecule has 32 heavy (non-hydrogen) atoms. The van der Waals surface area contributed by atoms with Crippen molar-refractivity contribution in [1.82, 2.24) is 41.0 Å². The average Bonchev–Trinajstić information content (AvgIpc) is 3.42. The summed E-state index contributed by atoms with van der Waals surface area (Å²) in [4.78, 5) is 32.0. The molecule has 0 bridgehead atoms. The minimum atomic E-state index is -0.375. The molecule has 0 fully saturated rings. The van der Waals surface area contributed by atoms with Gasteiger partial charge in [-0.25, -0.2) is 9.67 Å². The van der Waals surface area contributed by atoms with Crippen LogP contribution in [0.4, 0.5) is 0 Å². The molecule has 12 heteroatoms. The Morgan fingerprint density at radius 3 is 2.62 bits per heavy atom. The smallest absolute Gasteiger partial charge is 0.269 e. The molecule has 4 aromatic rings. The van der Waals surface area contributed by atoms with E-state index in [2.05, 4.69) is 36.3 Å². The number of carbonyl (C=O) groups is 2. The third-order valence-electron chi connectivity index (χ3n) is 4.42. The van der Waals surface area contributed by atoms with Crippen LogP contribution in [0.1, 0.15) is 22.3 Å². The molecule has 0 spiro atoms. The Labute approximate surface area is 191 Å². The lowest BCUT2D eigenvalue weighted by Gasteiger charge is -2.08. The van der Waals surface area contributed by atoms with Crippen molar-refractivity contribution in [2.24, 2.45) is 7.05 Å². The highest BCUT2D eigenvalue weighted by Crippen LogP contribution is 2.23. The average molecular weight is 469 g/mol. The summed E-state index contributed by atoms with van der Waals surface area (Å²) in [6.07, 6.45) is 0.218. The highest BCUT2D eigenvalue weighted by molar-refractivity contribution is 7.99. The number of carbonyl (C=O) groups excluding carboxylic acids is 2. The molecule has 0 aliphatic heterocycles. The molecule has 0 radical (unpaired) electrons. The normalized spacial score (nSPS) is 10.9. The van der Waals surface area contributed by atoms with Crippen LogP contribution in [0.5, 0.6) is 0 Å². The number of amides is 2. The van der Waals surface area contributed by atoms with Crippen LogP contribution in [0, 0.1) is 0 Å². The zero-order valence-corrected chi connectivity index (χ0v) is 18.7. The quantitative estimate of drug-likeness (QED) is 0.265. The summed E-state index contributed by atoms with van der Waals surface area (Å²) in [5.74, 6) is 0.546. The Hall–Kier alpha value is -3.38.